The quantitative estimate of drug-likeness (QED) is 0.473. The molecule has 2 fully saturated rings. The highest BCUT2D eigenvalue weighted by Gasteiger charge is 2.43. The van der Waals surface area contributed by atoms with Crippen LogP contribution in [0.3, 0.4) is 0 Å². The molecule has 1 atom stereocenters. The predicted octanol–water partition coefficient (Wildman–Crippen LogP) is 5.47. The summed E-state index contributed by atoms with van der Waals surface area (Å²) < 4.78 is 7.69. The summed E-state index contributed by atoms with van der Waals surface area (Å²) in [4.78, 5) is 29.8. The molecule has 2 aliphatic rings. The number of rotatable bonds is 3. The van der Waals surface area contributed by atoms with Crippen molar-refractivity contribution >= 4 is 28.6 Å². The van der Waals surface area contributed by atoms with Gasteiger partial charge in [0, 0.05) is 37.6 Å². The molecule has 1 aromatic carbocycles. The highest BCUT2D eigenvalue weighted by Crippen LogP contribution is 2.52. The van der Waals surface area contributed by atoms with Gasteiger partial charge in [0.15, 0.2) is 5.69 Å². The fourth-order valence-electron chi connectivity index (χ4n) is 4.85. The Hall–Kier alpha value is -3.60. The highest BCUT2D eigenvalue weighted by atomic mass is 16.6. The number of amides is 1. The number of aromatic nitrogens is 3. The zero-order valence-electron chi connectivity index (χ0n) is 21.1. The molecule has 8 nitrogen and oxygen atoms in total. The number of hydrogen-bond donors (Lipinski definition) is 0. The van der Waals surface area contributed by atoms with E-state index in [0.717, 1.165) is 35.4 Å². The largest absolute Gasteiger partial charge is 0.444 e. The third-order valence-corrected chi connectivity index (χ3v) is 7.00. The van der Waals surface area contributed by atoms with E-state index in [2.05, 4.69) is 34.4 Å². The fourth-order valence-corrected chi connectivity index (χ4v) is 4.85. The predicted molar refractivity (Wildman–Crippen MR) is 136 cm³/mol. The summed E-state index contributed by atoms with van der Waals surface area (Å²) in [6.07, 6.45) is 5.79. The van der Waals surface area contributed by atoms with Crippen LogP contribution < -0.4 is 4.90 Å². The van der Waals surface area contributed by atoms with Crippen LogP contribution in [0.25, 0.3) is 21.6 Å². The summed E-state index contributed by atoms with van der Waals surface area (Å²) in [5.74, 6) is 0.912. The van der Waals surface area contributed by atoms with Crippen molar-refractivity contribution in [2.45, 2.75) is 64.5 Å². The molecule has 2 aromatic heterocycles. The van der Waals surface area contributed by atoms with Gasteiger partial charge in [-0.2, -0.15) is 0 Å². The van der Waals surface area contributed by atoms with Gasteiger partial charge in [0.05, 0.1) is 12.0 Å². The van der Waals surface area contributed by atoms with Crippen LogP contribution in [-0.2, 0) is 10.2 Å². The molecule has 1 saturated carbocycles. The fraction of sp³-hybridized carbons (Fsp3) is 0.481. The van der Waals surface area contributed by atoms with Crippen molar-refractivity contribution < 1.29 is 9.53 Å². The van der Waals surface area contributed by atoms with Gasteiger partial charge in [0.25, 0.3) is 0 Å². The van der Waals surface area contributed by atoms with Crippen LogP contribution in [0.1, 0.15) is 53.0 Å². The highest BCUT2D eigenvalue weighted by molar-refractivity contribution is 5.94. The van der Waals surface area contributed by atoms with Gasteiger partial charge in [0.2, 0.25) is 0 Å². The van der Waals surface area contributed by atoms with Crippen LogP contribution in [0.2, 0.25) is 0 Å². The third-order valence-electron chi connectivity index (χ3n) is 7.00. The molecule has 0 bridgehead atoms. The molecule has 1 aliphatic carbocycles. The van der Waals surface area contributed by atoms with Crippen LogP contribution in [-0.4, -0.2) is 56.8 Å². The van der Waals surface area contributed by atoms with Crippen LogP contribution in [0, 0.1) is 6.57 Å². The molecule has 0 radical (unpaired) electrons. The number of carbonyl (C=O) groups excluding carboxylic acids is 1. The summed E-state index contributed by atoms with van der Waals surface area (Å²) in [5.41, 5.74) is 3.21. The lowest BCUT2D eigenvalue weighted by Gasteiger charge is -2.41. The standard InChI is InChI=1S/C27H32N6O2/c1-18-15-31(25(34)35-26(2,3)4)12-13-32(18)23-22-21(27(5)10-11-27)16-33(24(22)30-17-29-23)20-9-7-8-19(14-20)28-6/h7-9,14,16-18H,10-13,15H2,1-5H3/t18-/m0/s1. The number of hydrogen-bond acceptors (Lipinski definition) is 5. The van der Waals surface area contributed by atoms with Gasteiger partial charge < -0.3 is 19.1 Å². The Kier molecular flexibility index (Phi) is 5.47. The van der Waals surface area contributed by atoms with Crippen LogP contribution in [0.5, 0.6) is 0 Å². The van der Waals surface area contributed by atoms with Crippen molar-refractivity contribution in [3.63, 3.8) is 0 Å². The van der Waals surface area contributed by atoms with E-state index in [1.165, 1.54) is 5.56 Å². The van der Waals surface area contributed by atoms with E-state index < -0.39 is 5.60 Å². The number of nitrogens with zero attached hydrogens (tertiary/aromatic N) is 6. The molecule has 35 heavy (non-hydrogen) atoms. The van der Waals surface area contributed by atoms with Gasteiger partial charge in [-0.15, -0.1) is 0 Å². The number of carbonyl (C=O) groups is 1. The topological polar surface area (TPSA) is 67.9 Å². The molecule has 8 heteroatoms. The minimum absolute atomic E-state index is 0.0722. The minimum Gasteiger partial charge on any atom is -0.444 e. The Morgan fingerprint density at radius 1 is 1.23 bits per heavy atom. The lowest BCUT2D eigenvalue weighted by Crippen LogP contribution is -2.54. The van der Waals surface area contributed by atoms with Gasteiger partial charge in [-0.25, -0.2) is 19.6 Å². The lowest BCUT2D eigenvalue weighted by atomic mass is 9.98. The van der Waals surface area contributed by atoms with E-state index in [9.17, 15) is 4.79 Å². The maximum absolute atomic E-state index is 12.7. The van der Waals surface area contributed by atoms with E-state index in [0.29, 0.717) is 25.3 Å². The summed E-state index contributed by atoms with van der Waals surface area (Å²) in [5, 5.41) is 1.07. The Morgan fingerprint density at radius 2 is 2.00 bits per heavy atom. The number of piperazine rings is 1. The van der Waals surface area contributed by atoms with E-state index in [-0.39, 0.29) is 17.6 Å². The van der Waals surface area contributed by atoms with Crippen LogP contribution in [0.4, 0.5) is 16.3 Å². The summed E-state index contributed by atoms with van der Waals surface area (Å²) >= 11 is 0. The Balaban J connectivity index is 1.54. The first kappa shape index (κ1) is 23.2. The average molecular weight is 473 g/mol. The summed E-state index contributed by atoms with van der Waals surface area (Å²) in [7, 11) is 0. The molecule has 5 rings (SSSR count). The van der Waals surface area contributed by atoms with E-state index >= 15 is 0 Å². The van der Waals surface area contributed by atoms with Crippen molar-refractivity contribution in [1.82, 2.24) is 19.4 Å². The number of benzene rings is 1. The van der Waals surface area contributed by atoms with Crippen molar-refractivity contribution in [1.29, 1.82) is 0 Å². The first-order chi connectivity index (χ1) is 16.6. The summed E-state index contributed by atoms with van der Waals surface area (Å²) in [6, 6.07) is 7.71. The first-order valence-corrected chi connectivity index (χ1v) is 12.2. The van der Waals surface area contributed by atoms with Crippen LogP contribution >= 0.6 is 0 Å². The Morgan fingerprint density at radius 3 is 2.66 bits per heavy atom. The SMILES string of the molecule is [C-]#[N+]c1cccc(-n2cc(C3(C)CC3)c3c(N4CCN(C(=O)OC(C)(C)C)C[C@@H]4C)ncnc32)c1. The number of anilines is 1. The monoisotopic (exact) mass is 472 g/mol. The second-order valence-corrected chi connectivity index (χ2v) is 11.0. The molecule has 0 N–H and O–H groups in total. The van der Waals surface area contributed by atoms with E-state index in [1.807, 2.05) is 45.0 Å². The molecule has 1 aliphatic heterocycles. The van der Waals surface area contributed by atoms with Gasteiger partial charge in [-0.05, 0) is 63.6 Å². The van der Waals surface area contributed by atoms with Crippen molar-refractivity contribution in [3.8, 4) is 5.69 Å². The average Bonchev–Trinajstić information content (AvgIpc) is 3.43. The maximum atomic E-state index is 12.7. The number of fused-ring (bicyclic) bond motifs is 1. The third kappa shape index (κ3) is 4.31. The molecule has 1 amide bonds. The zero-order valence-corrected chi connectivity index (χ0v) is 21.1. The van der Waals surface area contributed by atoms with Gasteiger partial charge in [0.1, 0.15) is 23.4 Å². The van der Waals surface area contributed by atoms with Gasteiger partial charge in [-0.1, -0.05) is 19.1 Å². The maximum Gasteiger partial charge on any atom is 0.410 e. The first-order valence-electron chi connectivity index (χ1n) is 12.2. The molecule has 3 heterocycles. The molecule has 1 saturated heterocycles. The molecule has 3 aromatic rings. The molecule has 182 valence electrons. The molecular formula is C27H32N6O2. The smallest absolute Gasteiger partial charge is 0.410 e. The second kappa shape index (κ2) is 8.26. The molecule has 0 spiro atoms. The van der Waals surface area contributed by atoms with Crippen molar-refractivity contribution in [2.75, 3.05) is 24.5 Å². The number of ether oxygens (including phenoxy) is 1. The van der Waals surface area contributed by atoms with E-state index in [4.69, 9.17) is 21.3 Å². The van der Waals surface area contributed by atoms with Crippen LogP contribution in [0.15, 0.2) is 36.8 Å². The van der Waals surface area contributed by atoms with Crippen molar-refractivity contribution in [2.24, 2.45) is 0 Å². The zero-order chi connectivity index (χ0) is 25.0. The minimum atomic E-state index is -0.516. The second-order valence-electron chi connectivity index (χ2n) is 11.0. The Labute approximate surface area is 206 Å². The Bertz CT molecular complexity index is 1330. The normalized spacial score (nSPS) is 19.5. The molecule has 0 unspecified atom stereocenters. The van der Waals surface area contributed by atoms with Gasteiger partial charge >= 0.3 is 6.09 Å². The molecular weight excluding hydrogens is 440 g/mol. The van der Waals surface area contributed by atoms with Crippen molar-refractivity contribution in [3.05, 3.63) is 53.8 Å². The summed E-state index contributed by atoms with van der Waals surface area (Å²) in [6.45, 7) is 19.3. The van der Waals surface area contributed by atoms with Gasteiger partial charge in [-0.3, -0.25) is 0 Å². The lowest BCUT2D eigenvalue weighted by molar-refractivity contribution is 0.0218. The van der Waals surface area contributed by atoms with E-state index in [1.54, 1.807) is 11.2 Å².